The lowest BCUT2D eigenvalue weighted by Crippen LogP contribution is -2.02. The van der Waals surface area contributed by atoms with Gasteiger partial charge >= 0.3 is 5.97 Å². The normalized spacial score (nSPS) is 10.4. The van der Waals surface area contributed by atoms with E-state index in [2.05, 4.69) is 6.07 Å². The zero-order valence-electron chi connectivity index (χ0n) is 12.4. The predicted molar refractivity (Wildman–Crippen MR) is 82.6 cm³/mol. The van der Waals surface area contributed by atoms with E-state index in [9.17, 15) is 4.79 Å². The van der Waals surface area contributed by atoms with Crippen molar-refractivity contribution in [2.45, 2.75) is 33.3 Å². The van der Waals surface area contributed by atoms with E-state index in [0.717, 1.165) is 22.4 Å². The van der Waals surface area contributed by atoms with E-state index in [1.54, 1.807) is 0 Å². The second-order valence-electron chi connectivity index (χ2n) is 5.28. The van der Waals surface area contributed by atoms with Crippen molar-refractivity contribution in [1.82, 2.24) is 0 Å². The third-order valence-corrected chi connectivity index (χ3v) is 3.30. The first-order valence-electron chi connectivity index (χ1n) is 7.04. The summed E-state index contributed by atoms with van der Waals surface area (Å²) >= 11 is 0. The molecule has 0 saturated heterocycles. The molecule has 3 heteroatoms. The van der Waals surface area contributed by atoms with Gasteiger partial charge in [0.05, 0.1) is 0 Å². The number of hydrogen-bond acceptors (Lipinski definition) is 2. The maximum Gasteiger partial charge on any atom is 0.303 e. The Bertz CT molecular complexity index is 632. The molecule has 1 N–H and O–H groups in total. The second kappa shape index (κ2) is 6.93. The molecule has 0 spiro atoms. The van der Waals surface area contributed by atoms with Gasteiger partial charge in [-0.1, -0.05) is 47.5 Å². The van der Waals surface area contributed by atoms with E-state index >= 15 is 0 Å². The Morgan fingerprint density at radius 1 is 1.10 bits per heavy atom. The van der Waals surface area contributed by atoms with Gasteiger partial charge in [0.15, 0.2) is 0 Å². The van der Waals surface area contributed by atoms with E-state index in [-0.39, 0.29) is 6.42 Å². The summed E-state index contributed by atoms with van der Waals surface area (Å²) in [5.74, 6) is -0.0236. The van der Waals surface area contributed by atoms with Crippen LogP contribution in [0.2, 0.25) is 0 Å². The fourth-order valence-corrected chi connectivity index (χ4v) is 2.25. The molecule has 2 rings (SSSR count). The highest BCUT2D eigenvalue weighted by Crippen LogP contribution is 2.23. The number of benzene rings is 2. The highest BCUT2D eigenvalue weighted by atomic mass is 16.5. The summed E-state index contributed by atoms with van der Waals surface area (Å²) in [4.78, 5) is 10.7. The van der Waals surface area contributed by atoms with Gasteiger partial charge in [0.1, 0.15) is 12.4 Å². The van der Waals surface area contributed by atoms with Crippen LogP contribution in [0.3, 0.4) is 0 Å². The van der Waals surface area contributed by atoms with Crippen molar-refractivity contribution in [2.75, 3.05) is 0 Å². The van der Waals surface area contributed by atoms with Gasteiger partial charge in [-0.2, -0.15) is 0 Å². The molecule has 21 heavy (non-hydrogen) atoms. The van der Waals surface area contributed by atoms with E-state index in [0.29, 0.717) is 13.0 Å². The highest BCUT2D eigenvalue weighted by Gasteiger charge is 2.07. The Morgan fingerprint density at radius 2 is 1.86 bits per heavy atom. The topological polar surface area (TPSA) is 46.5 Å². The van der Waals surface area contributed by atoms with Gasteiger partial charge in [-0.25, -0.2) is 0 Å². The van der Waals surface area contributed by atoms with Crippen LogP contribution in [-0.4, -0.2) is 11.1 Å². The van der Waals surface area contributed by atoms with Crippen molar-refractivity contribution in [3.8, 4) is 5.75 Å². The fourth-order valence-electron chi connectivity index (χ4n) is 2.25. The Balaban J connectivity index is 2.09. The van der Waals surface area contributed by atoms with E-state index in [4.69, 9.17) is 9.84 Å². The van der Waals surface area contributed by atoms with Crippen molar-refractivity contribution in [1.29, 1.82) is 0 Å². The number of rotatable bonds is 6. The minimum atomic E-state index is -0.791. The Morgan fingerprint density at radius 3 is 2.57 bits per heavy atom. The molecule has 3 nitrogen and oxygen atoms in total. The molecule has 0 fully saturated rings. The average molecular weight is 284 g/mol. The van der Waals surface area contributed by atoms with E-state index in [1.165, 1.54) is 5.56 Å². The van der Waals surface area contributed by atoms with Gasteiger partial charge in [0.2, 0.25) is 0 Å². The van der Waals surface area contributed by atoms with Crippen LogP contribution < -0.4 is 4.74 Å². The number of aryl methyl sites for hydroxylation is 3. The largest absolute Gasteiger partial charge is 0.489 e. The second-order valence-corrected chi connectivity index (χ2v) is 5.28. The summed E-state index contributed by atoms with van der Waals surface area (Å²) in [6.07, 6.45) is 0.602. The van der Waals surface area contributed by atoms with Crippen LogP contribution in [0, 0.1) is 13.8 Å². The molecule has 0 unspecified atom stereocenters. The van der Waals surface area contributed by atoms with Crippen LogP contribution in [0.15, 0.2) is 42.5 Å². The van der Waals surface area contributed by atoms with Gasteiger partial charge in [-0.05, 0) is 37.5 Å². The molecule has 0 aliphatic rings. The molecule has 0 amide bonds. The molecular weight excluding hydrogens is 264 g/mol. The number of carbonyl (C=O) groups is 1. The maximum absolute atomic E-state index is 10.7. The summed E-state index contributed by atoms with van der Waals surface area (Å²) in [5.41, 5.74) is 4.37. The first-order chi connectivity index (χ1) is 10.0. The van der Waals surface area contributed by atoms with E-state index < -0.39 is 5.97 Å². The quantitative estimate of drug-likeness (QED) is 0.875. The van der Waals surface area contributed by atoms with E-state index in [1.807, 2.05) is 50.2 Å². The Kier molecular flexibility index (Phi) is 4.99. The minimum absolute atomic E-state index is 0.115. The molecular formula is C18H20O3. The monoisotopic (exact) mass is 284 g/mol. The molecule has 0 aliphatic carbocycles. The van der Waals surface area contributed by atoms with Crippen LogP contribution in [-0.2, 0) is 17.8 Å². The molecule has 0 aromatic heterocycles. The average Bonchev–Trinajstić information content (AvgIpc) is 2.44. The molecule has 2 aromatic carbocycles. The summed E-state index contributed by atoms with van der Waals surface area (Å²) < 4.78 is 5.87. The van der Waals surface area contributed by atoms with Crippen LogP contribution >= 0.6 is 0 Å². The molecule has 0 radical (unpaired) electrons. The zero-order valence-corrected chi connectivity index (χ0v) is 12.4. The van der Waals surface area contributed by atoms with Gasteiger partial charge in [-0.15, -0.1) is 0 Å². The number of carboxylic acids is 1. The summed E-state index contributed by atoms with van der Waals surface area (Å²) in [6, 6.07) is 14.1. The van der Waals surface area contributed by atoms with Gasteiger partial charge in [0, 0.05) is 6.42 Å². The van der Waals surface area contributed by atoms with Crippen molar-refractivity contribution in [3.63, 3.8) is 0 Å². The minimum Gasteiger partial charge on any atom is -0.489 e. The lowest BCUT2D eigenvalue weighted by atomic mass is 10.1. The molecule has 110 valence electrons. The standard InChI is InChI=1S/C18H20O3/c1-13-4-3-5-15(10-13)12-21-17-8-6-14(2)11-16(17)7-9-18(19)20/h3-6,8,10-11H,7,9,12H2,1-2H3,(H,19,20). The van der Waals surface area contributed by atoms with Gasteiger partial charge in [0.25, 0.3) is 0 Å². The lowest BCUT2D eigenvalue weighted by Gasteiger charge is -2.12. The summed E-state index contributed by atoms with van der Waals surface area (Å²) in [6.45, 7) is 4.53. The van der Waals surface area contributed by atoms with Crippen molar-refractivity contribution in [3.05, 3.63) is 64.7 Å². The van der Waals surface area contributed by atoms with Crippen molar-refractivity contribution < 1.29 is 14.6 Å². The lowest BCUT2D eigenvalue weighted by molar-refractivity contribution is -0.136. The number of aliphatic carboxylic acids is 1. The summed E-state index contributed by atoms with van der Waals surface area (Å²) in [7, 11) is 0. The molecule has 0 bridgehead atoms. The molecule has 0 saturated carbocycles. The first-order valence-corrected chi connectivity index (χ1v) is 7.04. The van der Waals surface area contributed by atoms with Crippen molar-refractivity contribution in [2.24, 2.45) is 0 Å². The Hall–Kier alpha value is -2.29. The third-order valence-electron chi connectivity index (χ3n) is 3.30. The Labute approximate surface area is 125 Å². The number of carboxylic acid groups (broad SMARTS) is 1. The van der Waals surface area contributed by atoms with Crippen LogP contribution in [0.5, 0.6) is 5.75 Å². The van der Waals surface area contributed by atoms with Crippen LogP contribution in [0.4, 0.5) is 0 Å². The SMILES string of the molecule is Cc1cccc(COc2ccc(C)cc2CCC(=O)O)c1. The smallest absolute Gasteiger partial charge is 0.303 e. The molecule has 2 aromatic rings. The van der Waals surface area contributed by atoms with Crippen LogP contribution in [0.1, 0.15) is 28.7 Å². The first kappa shape index (κ1) is 15.1. The van der Waals surface area contributed by atoms with Crippen molar-refractivity contribution >= 4 is 5.97 Å². The van der Waals surface area contributed by atoms with Gasteiger partial charge < -0.3 is 9.84 Å². The molecule has 0 heterocycles. The third kappa shape index (κ3) is 4.63. The number of hydrogen-bond donors (Lipinski definition) is 1. The maximum atomic E-state index is 10.7. The summed E-state index contributed by atoms with van der Waals surface area (Å²) in [5, 5.41) is 8.83. The highest BCUT2D eigenvalue weighted by molar-refractivity contribution is 5.67. The predicted octanol–water partition coefficient (Wildman–Crippen LogP) is 3.90. The fraction of sp³-hybridized carbons (Fsp3) is 0.278. The van der Waals surface area contributed by atoms with Crippen LogP contribution in [0.25, 0.3) is 0 Å². The molecule has 0 atom stereocenters. The number of ether oxygens (including phenoxy) is 1. The van der Waals surface area contributed by atoms with Gasteiger partial charge in [-0.3, -0.25) is 4.79 Å². The zero-order chi connectivity index (χ0) is 15.2. The molecule has 0 aliphatic heterocycles.